The SMILES string of the molecule is Cc1nc(C[C@H]2CCCN(C(=O)CNC[C@@H]3CCCO3)C2)no1. The van der Waals surface area contributed by atoms with Gasteiger partial charge in [-0.15, -0.1) is 0 Å². The van der Waals surface area contributed by atoms with Gasteiger partial charge in [-0.25, -0.2) is 0 Å². The topological polar surface area (TPSA) is 80.5 Å². The lowest BCUT2D eigenvalue weighted by molar-refractivity contribution is -0.132. The first-order valence-corrected chi connectivity index (χ1v) is 8.60. The molecule has 0 aromatic carbocycles. The Balaban J connectivity index is 1.40. The van der Waals surface area contributed by atoms with Crippen LogP contribution in [-0.4, -0.2) is 59.8 Å². The number of ether oxygens (including phenoxy) is 1. The van der Waals surface area contributed by atoms with Gasteiger partial charge in [-0.1, -0.05) is 5.16 Å². The molecule has 0 saturated carbocycles. The third-order valence-electron chi connectivity index (χ3n) is 4.58. The van der Waals surface area contributed by atoms with Crippen LogP contribution in [0.25, 0.3) is 0 Å². The quantitative estimate of drug-likeness (QED) is 0.839. The number of rotatable bonds is 6. The molecule has 128 valence electrons. The standard InChI is InChI=1S/C16H26N4O3/c1-12-18-15(19-23-12)8-13-4-2-6-20(11-13)16(21)10-17-9-14-5-3-7-22-14/h13-14,17H,2-11H2,1H3/t13-,14+/m1/s1. The molecule has 0 aliphatic carbocycles. The second kappa shape index (κ2) is 7.88. The second-order valence-corrected chi connectivity index (χ2v) is 6.55. The van der Waals surface area contributed by atoms with E-state index >= 15 is 0 Å². The lowest BCUT2D eigenvalue weighted by Gasteiger charge is -2.32. The van der Waals surface area contributed by atoms with Crippen LogP contribution in [0, 0.1) is 12.8 Å². The van der Waals surface area contributed by atoms with Crippen molar-refractivity contribution in [1.82, 2.24) is 20.4 Å². The van der Waals surface area contributed by atoms with Crippen molar-refractivity contribution in [2.45, 2.75) is 45.1 Å². The molecule has 0 spiro atoms. The van der Waals surface area contributed by atoms with Gasteiger partial charge < -0.3 is 19.5 Å². The summed E-state index contributed by atoms with van der Waals surface area (Å²) in [4.78, 5) is 18.6. The summed E-state index contributed by atoms with van der Waals surface area (Å²) in [5, 5.41) is 7.19. The largest absolute Gasteiger partial charge is 0.377 e. The number of piperidine rings is 1. The Morgan fingerprint density at radius 3 is 3.04 bits per heavy atom. The minimum atomic E-state index is 0.178. The average molecular weight is 322 g/mol. The third-order valence-corrected chi connectivity index (χ3v) is 4.58. The van der Waals surface area contributed by atoms with Gasteiger partial charge in [0.1, 0.15) is 0 Å². The van der Waals surface area contributed by atoms with Crippen LogP contribution in [0.5, 0.6) is 0 Å². The summed E-state index contributed by atoms with van der Waals surface area (Å²) >= 11 is 0. The van der Waals surface area contributed by atoms with E-state index in [0.29, 0.717) is 18.4 Å². The molecule has 3 heterocycles. The summed E-state index contributed by atoms with van der Waals surface area (Å²) in [7, 11) is 0. The Morgan fingerprint density at radius 1 is 1.39 bits per heavy atom. The predicted molar refractivity (Wildman–Crippen MR) is 83.9 cm³/mol. The van der Waals surface area contributed by atoms with Crippen molar-refractivity contribution in [3.8, 4) is 0 Å². The Morgan fingerprint density at radius 2 is 2.30 bits per heavy atom. The Hall–Kier alpha value is -1.47. The van der Waals surface area contributed by atoms with Gasteiger partial charge in [-0.05, 0) is 31.6 Å². The number of nitrogens with one attached hydrogen (secondary N) is 1. The molecule has 1 aromatic rings. The Bertz CT molecular complexity index is 513. The first-order chi connectivity index (χ1) is 11.2. The summed E-state index contributed by atoms with van der Waals surface area (Å²) in [5.74, 6) is 1.94. The maximum Gasteiger partial charge on any atom is 0.236 e. The maximum absolute atomic E-state index is 12.3. The fraction of sp³-hybridized carbons (Fsp3) is 0.812. The van der Waals surface area contributed by atoms with Gasteiger partial charge in [0, 0.05) is 39.6 Å². The van der Waals surface area contributed by atoms with Crippen molar-refractivity contribution in [2.24, 2.45) is 5.92 Å². The van der Waals surface area contributed by atoms with Gasteiger partial charge in [-0.2, -0.15) is 4.98 Å². The number of amides is 1. The molecule has 3 rings (SSSR count). The minimum absolute atomic E-state index is 0.178. The summed E-state index contributed by atoms with van der Waals surface area (Å²) in [5.41, 5.74) is 0. The van der Waals surface area contributed by atoms with Crippen molar-refractivity contribution in [2.75, 3.05) is 32.8 Å². The number of likely N-dealkylation sites (tertiary alicyclic amines) is 1. The van der Waals surface area contributed by atoms with Crippen molar-refractivity contribution in [1.29, 1.82) is 0 Å². The zero-order valence-corrected chi connectivity index (χ0v) is 13.8. The molecular formula is C16H26N4O3. The molecule has 2 aliphatic heterocycles. The third kappa shape index (κ3) is 4.75. The Labute approximate surface area is 136 Å². The normalized spacial score (nSPS) is 25.0. The lowest BCUT2D eigenvalue weighted by Crippen LogP contribution is -2.45. The fourth-order valence-electron chi connectivity index (χ4n) is 3.40. The molecule has 0 radical (unpaired) electrons. The zero-order valence-electron chi connectivity index (χ0n) is 13.8. The lowest BCUT2D eigenvalue weighted by atomic mass is 9.94. The molecule has 7 heteroatoms. The minimum Gasteiger partial charge on any atom is -0.377 e. The van der Waals surface area contributed by atoms with E-state index < -0.39 is 0 Å². The van der Waals surface area contributed by atoms with E-state index in [1.165, 1.54) is 0 Å². The highest BCUT2D eigenvalue weighted by Crippen LogP contribution is 2.20. The van der Waals surface area contributed by atoms with Gasteiger partial charge in [0.15, 0.2) is 5.82 Å². The molecular weight excluding hydrogens is 296 g/mol. The number of hydrogen-bond donors (Lipinski definition) is 1. The van der Waals surface area contributed by atoms with E-state index in [9.17, 15) is 4.79 Å². The van der Waals surface area contributed by atoms with Gasteiger partial charge in [-0.3, -0.25) is 4.79 Å². The fourth-order valence-corrected chi connectivity index (χ4v) is 3.40. The monoisotopic (exact) mass is 322 g/mol. The van der Waals surface area contributed by atoms with Gasteiger partial charge in [0.05, 0.1) is 12.6 Å². The van der Waals surface area contributed by atoms with E-state index in [-0.39, 0.29) is 12.0 Å². The first kappa shape index (κ1) is 16.4. The van der Waals surface area contributed by atoms with Crippen molar-refractivity contribution >= 4 is 5.91 Å². The van der Waals surface area contributed by atoms with Gasteiger partial charge in [0.2, 0.25) is 11.8 Å². The van der Waals surface area contributed by atoms with Crippen molar-refractivity contribution < 1.29 is 14.1 Å². The number of carbonyl (C=O) groups is 1. The molecule has 1 amide bonds. The first-order valence-electron chi connectivity index (χ1n) is 8.60. The van der Waals surface area contributed by atoms with Crippen LogP contribution in [0.4, 0.5) is 0 Å². The van der Waals surface area contributed by atoms with Crippen LogP contribution in [0.2, 0.25) is 0 Å². The molecule has 7 nitrogen and oxygen atoms in total. The highest BCUT2D eigenvalue weighted by atomic mass is 16.5. The van der Waals surface area contributed by atoms with Crippen molar-refractivity contribution in [3.05, 3.63) is 11.7 Å². The highest BCUT2D eigenvalue weighted by molar-refractivity contribution is 5.78. The van der Waals surface area contributed by atoms with Crippen LogP contribution in [0.3, 0.4) is 0 Å². The Kier molecular flexibility index (Phi) is 5.61. The molecule has 0 unspecified atom stereocenters. The number of nitrogens with zero attached hydrogens (tertiary/aromatic N) is 3. The van der Waals surface area contributed by atoms with E-state index in [1.54, 1.807) is 6.92 Å². The summed E-state index contributed by atoms with van der Waals surface area (Å²) < 4.78 is 10.6. The average Bonchev–Trinajstić information content (AvgIpc) is 3.19. The zero-order chi connectivity index (χ0) is 16.1. The highest BCUT2D eigenvalue weighted by Gasteiger charge is 2.25. The summed E-state index contributed by atoms with van der Waals surface area (Å²) in [6.45, 7) is 5.45. The van der Waals surface area contributed by atoms with Crippen LogP contribution in [0.15, 0.2) is 4.52 Å². The van der Waals surface area contributed by atoms with Crippen LogP contribution in [-0.2, 0) is 16.0 Å². The molecule has 2 fully saturated rings. The smallest absolute Gasteiger partial charge is 0.236 e. The van der Waals surface area contributed by atoms with E-state index in [2.05, 4.69) is 15.5 Å². The molecule has 1 aromatic heterocycles. The number of aryl methyl sites for hydroxylation is 1. The number of hydrogen-bond acceptors (Lipinski definition) is 6. The summed E-state index contributed by atoms with van der Waals surface area (Å²) in [6.07, 6.45) is 5.43. The van der Waals surface area contributed by atoms with E-state index in [1.807, 2.05) is 4.90 Å². The van der Waals surface area contributed by atoms with E-state index in [0.717, 1.165) is 64.2 Å². The summed E-state index contributed by atoms with van der Waals surface area (Å²) in [6, 6.07) is 0. The van der Waals surface area contributed by atoms with E-state index in [4.69, 9.17) is 9.26 Å². The van der Waals surface area contributed by atoms with Gasteiger partial charge in [0.25, 0.3) is 0 Å². The molecule has 2 atom stereocenters. The molecule has 2 aliphatic rings. The molecule has 1 N–H and O–H groups in total. The predicted octanol–water partition coefficient (Wildman–Crippen LogP) is 0.928. The molecule has 2 saturated heterocycles. The maximum atomic E-state index is 12.3. The van der Waals surface area contributed by atoms with Crippen LogP contribution < -0.4 is 5.32 Å². The van der Waals surface area contributed by atoms with Gasteiger partial charge >= 0.3 is 0 Å². The number of aromatic nitrogens is 2. The second-order valence-electron chi connectivity index (χ2n) is 6.55. The van der Waals surface area contributed by atoms with Crippen LogP contribution >= 0.6 is 0 Å². The molecule has 23 heavy (non-hydrogen) atoms. The number of carbonyl (C=O) groups excluding carboxylic acids is 1. The van der Waals surface area contributed by atoms with Crippen molar-refractivity contribution in [3.63, 3.8) is 0 Å². The molecule has 0 bridgehead atoms. The van der Waals surface area contributed by atoms with Crippen LogP contribution in [0.1, 0.15) is 37.4 Å².